The number of carbonyl (C=O) groups is 2. The van der Waals surface area contributed by atoms with Gasteiger partial charge in [-0.15, -0.1) is 0 Å². The number of amides is 2. The van der Waals surface area contributed by atoms with Crippen LogP contribution in [0.2, 0.25) is 0 Å². The van der Waals surface area contributed by atoms with Crippen LogP contribution >= 0.6 is 0 Å². The SMILES string of the molecule is CN(C)C(=O)C1CCCN1CC(=O)NCCN. The lowest BCUT2D eigenvalue weighted by Crippen LogP contribution is -2.47. The van der Waals surface area contributed by atoms with Crippen LogP contribution in [-0.2, 0) is 9.59 Å². The molecule has 0 saturated carbocycles. The number of rotatable bonds is 5. The number of carbonyl (C=O) groups excluding carboxylic acids is 2. The highest BCUT2D eigenvalue weighted by Crippen LogP contribution is 2.17. The second-order valence-corrected chi connectivity index (χ2v) is 4.50. The van der Waals surface area contributed by atoms with Crippen molar-refractivity contribution in [1.29, 1.82) is 0 Å². The van der Waals surface area contributed by atoms with E-state index < -0.39 is 0 Å². The highest BCUT2D eigenvalue weighted by molar-refractivity contribution is 5.83. The average Bonchev–Trinajstić information content (AvgIpc) is 2.73. The van der Waals surface area contributed by atoms with Gasteiger partial charge in [-0.25, -0.2) is 0 Å². The van der Waals surface area contributed by atoms with Gasteiger partial charge < -0.3 is 16.0 Å². The Balaban J connectivity index is 2.46. The lowest BCUT2D eigenvalue weighted by Gasteiger charge is -2.25. The molecule has 1 aliphatic rings. The average molecular weight is 242 g/mol. The Morgan fingerprint density at radius 1 is 1.47 bits per heavy atom. The fourth-order valence-corrected chi connectivity index (χ4v) is 2.05. The molecule has 0 aliphatic carbocycles. The minimum Gasteiger partial charge on any atom is -0.354 e. The molecule has 2 amide bonds. The Bertz CT molecular complexity index is 281. The fraction of sp³-hybridized carbons (Fsp3) is 0.818. The number of nitrogens with zero attached hydrogens (tertiary/aromatic N) is 2. The van der Waals surface area contributed by atoms with E-state index in [1.165, 1.54) is 0 Å². The molecule has 0 aromatic heterocycles. The number of likely N-dealkylation sites (tertiary alicyclic amines) is 1. The summed E-state index contributed by atoms with van der Waals surface area (Å²) in [4.78, 5) is 27.0. The molecular formula is C11H22N4O2. The standard InChI is InChI=1S/C11H22N4O2/c1-14(2)11(17)9-4-3-7-15(9)8-10(16)13-6-5-12/h9H,3-8,12H2,1-2H3,(H,13,16). The van der Waals surface area contributed by atoms with Gasteiger partial charge in [0.1, 0.15) is 0 Å². The fourth-order valence-electron chi connectivity index (χ4n) is 2.05. The molecule has 0 radical (unpaired) electrons. The van der Waals surface area contributed by atoms with Crippen molar-refractivity contribution in [3.05, 3.63) is 0 Å². The topological polar surface area (TPSA) is 78.7 Å². The number of hydrogen-bond donors (Lipinski definition) is 2. The van der Waals surface area contributed by atoms with Crippen molar-refractivity contribution in [1.82, 2.24) is 15.1 Å². The molecule has 17 heavy (non-hydrogen) atoms. The second-order valence-electron chi connectivity index (χ2n) is 4.50. The first-order valence-corrected chi connectivity index (χ1v) is 5.98. The molecule has 3 N–H and O–H groups in total. The van der Waals surface area contributed by atoms with Gasteiger partial charge in [-0.1, -0.05) is 0 Å². The van der Waals surface area contributed by atoms with Gasteiger partial charge in [-0.3, -0.25) is 14.5 Å². The Hall–Kier alpha value is -1.14. The van der Waals surface area contributed by atoms with E-state index in [9.17, 15) is 9.59 Å². The Kier molecular flexibility index (Phi) is 5.37. The molecule has 6 nitrogen and oxygen atoms in total. The summed E-state index contributed by atoms with van der Waals surface area (Å²) in [6.07, 6.45) is 1.80. The molecular weight excluding hydrogens is 220 g/mol. The number of nitrogens with one attached hydrogen (secondary N) is 1. The summed E-state index contributed by atoms with van der Waals surface area (Å²) in [5.74, 6) is 0.0167. The van der Waals surface area contributed by atoms with Gasteiger partial charge in [0.2, 0.25) is 11.8 Å². The van der Waals surface area contributed by atoms with Gasteiger partial charge >= 0.3 is 0 Å². The highest BCUT2D eigenvalue weighted by Gasteiger charge is 2.32. The van der Waals surface area contributed by atoms with Gasteiger partial charge in [-0.05, 0) is 19.4 Å². The van der Waals surface area contributed by atoms with Crippen LogP contribution in [0.1, 0.15) is 12.8 Å². The third-order valence-electron chi connectivity index (χ3n) is 2.90. The molecule has 1 rings (SSSR count). The van der Waals surface area contributed by atoms with E-state index in [1.54, 1.807) is 19.0 Å². The van der Waals surface area contributed by atoms with Gasteiger partial charge in [-0.2, -0.15) is 0 Å². The van der Waals surface area contributed by atoms with Gasteiger partial charge in [0.05, 0.1) is 12.6 Å². The number of likely N-dealkylation sites (N-methyl/N-ethyl adjacent to an activating group) is 1. The zero-order valence-corrected chi connectivity index (χ0v) is 10.6. The summed E-state index contributed by atoms with van der Waals surface area (Å²) in [7, 11) is 3.49. The van der Waals surface area contributed by atoms with Crippen LogP contribution in [0, 0.1) is 0 Å². The quantitative estimate of drug-likeness (QED) is 0.622. The van der Waals surface area contributed by atoms with Gasteiger partial charge in [0.15, 0.2) is 0 Å². The third-order valence-corrected chi connectivity index (χ3v) is 2.90. The second kappa shape index (κ2) is 6.56. The molecule has 1 fully saturated rings. The summed E-state index contributed by atoms with van der Waals surface area (Å²) >= 11 is 0. The Labute approximate surface area is 102 Å². The van der Waals surface area contributed by atoms with Crippen LogP contribution in [0.15, 0.2) is 0 Å². The number of hydrogen-bond acceptors (Lipinski definition) is 4. The molecule has 98 valence electrons. The van der Waals surface area contributed by atoms with Crippen molar-refractivity contribution in [3.63, 3.8) is 0 Å². The minimum atomic E-state index is -0.145. The van der Waals surface area contributed by atoms with Crippen molar-refractivity contribution in [2.75, 3.05) is 40.3 Å². The molecule has 1 atom stereocenters. The van der Waals surface area contributed by atoms with E-state index >= 15 is 0 Å². The normalized spacial score (nSPS) is 20.3. The zero-order valence-electron chi connectivity index (χ0n) is 10.6. The van der Waals surface area contributed by atoms with E-state index in [1.807, 2.05) is 4.90 Å². The van der Waals surface area contributed by atoms with Crippen LogP contribution in [0.25, 0.3) is 0 Å². The van der Waals surface area contributed by atoms with E-state index in [-0.39, 0.29) is 24.4 Å². The highest BCUT2D eigenvalue weighted by atomic mass is 16.2. The van der Waals surface area contributed by atoms with Gasteiger partial charge in [0, 0.05) is 27.2 Å². The third kappa shape index (κ3) is 3.98. The first kappa shape index (κ1) is 13.9. The monoisotopic (exact) mass is 242 g/mol. The van der Waals surface area contributed by atoms with Gasteiger partial charge in [0.25, 0.3) is 0 Å². The molecule has 1 aliphatic heterocycles. The molecule has 0 aromatic rings. The summed E-state index contributed by atoms with van der Waals surface area (Å²) in [6, 6.07) is -0.145. The molecule has 0 spiro atoms. The van der Waals surface area contributed by atoms with Crippen LogP contribution in [0.3, 0.4) is 0 Å². The predicted molar refractivity (Wildman–Crippen MR) is 65.4 cm³/mol. The molecule has 0 bridgehead atoms. The van der Waals surface area contributed by atoms with Crippen LogP contribution in [0.4, 0.5) is 0 Å². The number of nitrogens with two attached hydrogens (primary N) is 1. The first-order valence-electron chi connectivity index (χ1n) is 5.98. The van der Waals surface area contributed by atoms with E-state index in [2.05, 4.69) is 5.32 Å². The summed E-state index contributed by atoms with van der Waals surface area (Å²) < 4.78 is 0. The van der Waals surface area contributed by atoms with Crippen molar-refractivity contribution >= 4 is 11.8 Å². The molecule has 0 aromatic carbocycles. The lowest BCUT2D eigenvalue weighted by molar-refractivity contribution is -0.134. The van der Waals surface area contributed by atoms with Crippen LogP contribution in [0.5, 0.6) is 0 Å². The maximum absolute atomic E-state index is 11.9. The van der Waals surface area contributed by atoms with Crippen molar-refractivity contribution < 1.29 is 9.59 Å². The summed E-state index contributed by atoms with van der Waals surface area (Å²) in [6.45, 7) is 2.01. The van der Waals surface area contributed by atoms with E-state index in [0.717, 1.165) is 19.4 Å². The first-order chi connectivity index (χ1) is 8.06. The van der Waals surface area contributed by atoms with Crippen molar-refractivity contribution in [3.8, 4) is 0 Å². The van der Waals surface area contributed by atoms with Crippen LogP contribution < -0.4 is 11.1 Å². The van der Waals surface area contributed by atoms with E-state index in [0.29, 0.717) is 13.1 Å². The minimum absolute atomic E-state index is 0.0612. The molecule has 1 unspecified atom stereocenters. The largest absolute Gasteiger partial charge is 0.354 e. The zero-order chi connectivity index (χ0) is 12.8. The molecule has 1 heterocycles. The van der Waals surface area contributed by atoms with Crippen molar-refractivity contribution in [2.45, 2.75) is 18.9 Å². The maximum Gasteiger partial charge on any atom is 0.239 e. The summed E-state index contributed by atoms with van der Waals surface area (Å²) in [5.41, 5.74) is 5.31. The smallest absolute Gasteiger partial charge is 0.239 e. The molecule has 1 saturated heterocycles. The summed E-state index contributed by atoms with van der Waals surface area (Å²) in [5, 5.41) is 2.72. The molecule has 6 heteroatoms. The predicted octanol–water partition coefficient (Wildman–Crippen LogP) is -1.39. The lowest BCUT2D eigenvalue weighted by atomic mass is 10.2. The van der Waals surface area contributed by atoms with Crippen LogP contribution in [-0.4, -0.2) is 67.9 Å². The van der Waals surface area contributed by atoms with E-state index in [4.69, 9.17) is 5.73 Å². The maximum atomic E-state index is 11.9. The Morgan fingerprint density at radius 2 is 2.18 bits per heavy atom. The van der Waals surface area contributed by atoms with Crippen molar-refractivity contribution in [2.24, 2.45) is 5.73 Å². The Morgan fingerprint density at radius 3 is 2.76 bits per heavy atom.